The molecule has 17 heavy (non-hydrogen) atoms. The Morgan fingerprint density at radius 1 is 1.24 bits per heavy atom. The lowest BCUT2D eigenvalue weighted by Crippen LogP contribution is -2.21. The number of nitrogens with two attached hydrogens (primary N) is 1. The summed E-state index contributed by atoms with van der Waals surface area (Å²) in [5.74, 6) is -0.309. The fraction of sp³-hybridized carbons (Fsp3) is 0.600. The number of halogens is 3. The van der Waals surface area contributed by atoms with Gasteiger partial charge in [0.25, 0.3) is 0 Å². The van der Waals surface area contributed by atoms with E-state index in [2.05, 4.69) is 15.3 Å². The largest absolute Gasteiger partial charge is 0.433 e. The van der Waals surface area contributed by atoms with E-state index < -0.39 is 17.8 Å². The summed E-state index contributed by atoms with van der Waals surface area (Å²) in [7, 11) is 0. The highest BCUT2D eigenvalue weighted by atomic mass is 19.4. The van der Waals surface area contributed by atoms with Gasteiger partial charge in [0.2, 0.25) is 5.95 Å². The summed E-state index contributed by atoms with van der Waals surface area (Å²) in [5, 5.41) is 2.81. The fourth-order valence-electron chi connectivity index (χ4n) is 1.06. The van der Waals surface area contributed by atoms with Crippen LogP contribution in [0.4, 0.5) is 24.9 Å². The second-order valence-corrected chi connectivity index (χ2v) is 4.91. The molecule has 7 heteroatoms. The third-order valence-electron chi connectivity index (χ3n) is 1.83. The topological polar surface area (TPSA) is 63.8 Å². The third-order valence-corrected chi connectivity index (χ3v) is 1.83. The molecule has 0 fully saturated rings. The zero-order valence-electron chi connectivity index (χ0n) is 9.89. The number of nitrogens with zero attached hydrogens (tertiary/aromatic N) is 2. The van der Waals surface area contributed by atoms with Crippen LogP contribution in [-0.4, -0.2) is 16.5 Å². The van der Waals surface area contributed by atoms with E-state index in [0.717, 1.165) is 6.07 Å². The minimum absolute atomic E-state index is 0.0713. The molecule has 1 aromatic heterocycles. The lowest BCUT2D eigenvalue weighted by molar-refractivity contribution is -0.141. The molecule has 0 saturated carbocycles. The molecule has 0 aromatic carbocycles. The van der Waals surface area contributed by atoms with Crippen LogP contribution in [0.15, 0.2) is 6.07 Å². The Morgan fingerprint density at radius 3 is 2.29 bits per heavy atom. The molecule has 0 aliphatic heterocycles. The van der Waals surface area contributed by atoms with Gasteiger partial charge < -0.3 is 11.1 Å². The van der Waals surface area contributed by atoms with E-state index in [1.807, 2.05) is 20.8 Å². The van der Waals surface area contributed by atoms with Gasteiger partial charge in [-0.05, 0) is 5.41 Å². The number of hydrogen-bond donors (Lipinski definition) is 2. The predicted octanol–water partition coefficient (Wildman–Crippen LogP) is 2.54. The normalized spacial score (nSPS) is 12.6. The van der Waals surface area contributed by atoms with Crippen LogP contribution in [0, 0.1) is 5.41 Å². The van der Waals surface area contributed by atoms with Crippen molar-refractivity contribution in [3.05, 3.63) is 11.8 Å². The van der Waals surface area contributed by atoms with Crippen LogP contribution >= 0.6 is 0 Å². The first-order valence-electron chi connectivity index (χ1n) is 5.03. The van der Waals surface area contributed by atoms with Crippen LogP contribution in [0.25, 0.3) is 0 Å². The van der Waals surface area contributed by atoms with E-state index in [1.165, 1.54) is 0 Å². The van der Waals surface area contributed by atoms with Crippen LogP contribution in [0.1, 0.15) is 26.5 Å². The van der Waals surface area contributed by atoms with Crippen molar-refractivity contribution in [2.24, 2.45) is 5.41 Å². The number of anilines is 2. The molecule has 1 heterocycles. The van der Waals surface area contributed by atoms with E-state index in [1.54, 1.807) is 0 Å². The quantitative estimate of drug-likeness (QED) is 0.844. The Labute approximate surface area is 97.4 Å². The minimum atomic E-state index is -4.52. The van der Waals surface area contributed by atoms with Gasteiger partial charge in [-0.25, -0.2) is 4.98 Å². The third kappa shape index (κ3) is 4.46. The van der Waals surface area contributed by atoms with E-state index in [9.17, 15) is 13.2 Å². The van der Waals surface area contributed by atoms with E-state index in [-0.39, 0.29) is 11.2 Å². The lowest BCUT2D eigenvalue weighted by atomic mass is 9.97. The first-order valence-corrected chi connectivity index (χ1v) is 5.03. The maximum atomic E-state index is 12.4. The van der Waals surface area contributed by atoms with E-state index >= 15 is 0 Å². The smallest absolute Gasteiger partial charge is 0.369 e. The summed E-state index contributed by atoms with van der Waals surface area (Å²) < 4.78 is 37.3. The Balaban J connectivity index is 2.91. The summed E-state index contributed by atoms with van der Waals surface area (Å²) in [6.07, 6.45) is -4.52. The standard InChI is InChI=1S/C10H15F3N4/c1-9(2,3)5-15-7-4-6(10(11,12)13)16-8(14)17-7/h4H,5H2,1-3H3,(H3,14,15,16,17). The first-order chi connectivity index (χ1) is 7.58. The van der Waals surface area contributed by atoms with Gasteiger partial charge in [-0.15, -0.1) is 0 Å². The zero-order chi connectivity index (χ0) is 13.3. The number of rotatable bonds is 2. The average Bonchev–Trinajstić information content (AvgIpc) is 2.11. The highest BCUT2D eigenvalue weighted by molar-refractivity contribution is 5.41. The van der Waals surface area contributed by atoms with Gasteiger partial charge >= 0.3 is 6.18 Å². The van der Waals surface area contributed by atoms with Crippen molar-refractivity contribution in [2.75, 3.05) is 17.6 Å². The molecule has 0 radical (unpaired) electrons. The van der Waals surface area contributed by atoms with Gasteiger partial charge in [0.1, 0.15) is 5.82 Å². The van der Waals surface area contributed by atoms with Crippen molar-refractivity contribution in [1.29, 1.82) is 0 Å². The molecule has 3 N–H and O–H groups in total. The van der Waals surface area contributed by atoms with Crippen molar-refractivity contribution in [3.63, 3.8) is 0 Å². The summed E-state index contributed by atoms with van der Waals surface area (Å²) in [5.41, 5.74) is 4.12. The Morgan fingerprint density at radius 2 is 1.82 bits per heavy atom. The van der Waals surface area contributed by atoms with Crippen LogP contribution < -0.4 is 11.1 Å². The number of nitrogen functional groups attached to an aromatic ring is 1. The van der Waals surface area contributed by atoms with Crippen molar-refractivity contribution < 1.29 is 13.2 Å². The van der Waals surface area contributed by atoms with E-state index in [0.29, 0.717) is 6.54 Å². The van der Waals surface area contributed by atoms with Crippen molar-refractivity contribution >= 4 is 11.8 Å². The molecular formula is C10H15F3N4. The second-order valence-electron chi connectivity index (χ2n) is 4.91. The van der Waals surface area contributed by atoms with E-state index in [4.69, 9.17) is 5.73 Å². The lowest BCUT2D eigenvalue weighted by Gasteiger charge is -2.19. The molecule has 1 aromatic rings. The summed E-state index contributed by atoms with van der Waals surface area (Å²) in [6, 6.07) is 0.849. The Hall–Kier alpha value is -1.53. The van der Waals surface area contributed by atoms with Gasteiger partial charge in [-0.3, -0.25) is 0 Å². The number of aromatic nitrogens is 2. The molecular weight excluding hydrogens is 233 g/mol. The molecule has 0 aliphatic rings. The van der Waals surface area contributed by atoms with Crippen molar-refractivity contribution in [2.45, 2.75) is 26.9 Å². The molecule has 0 unspecified atom stereocenters. The summed E-state index contributed by atoms with van der Waals surface area (Å²) in [6.45, 7) is 6.35. The molecule has 0 spiro atoms. The van der Waals surface area contributed by atoms with Crippen LogP contribution in [0.2, 0.25) is 0 Å². The number of nitrogens with one attached hydrogen (secondary N) is 1. The van der Waals surface area contributed by atoms with Gasteiger partial charge in [0.05, 0.1) is 0 Å². The summed E-state index contributed by atoms with van der Waals surface area (Å²) in [4.78, 5) is 6.86. The van der Waals surface area contributed by atoms with Gasteiger partial charge in [-0.1, -0.05) is 20.8 Å². The molecule has 0 aliphatic carbocycles. The van der Waals surface area contributed by atoms with Crippen molar-refractivity contribution in [3.8, 4) is 0 Å². The van der Waals surface area contributed by atoms with Gasteiger partial charge in [0.15, 0.2) is 5.69 Å². The maximum absolute atomic E-state index is 12.4. The molecule has 4 nitrogen and oxygen atoms in total. The van der Waals surface area contributed by atoms with Crippen LogP contribution in [-0.2, 0) is 6.18 Å². The monoisotopic (exact) mass is 248 g/mol. The molecule has 96 valence electrons. The SMILES string of the molecule is CC(C)(C)CNc1cc(C(F)(F)F)nc(N)n1. The highest BCUT2D eigenvalue weighted by Gasteiger charge is 2.33. The fourth-order valence-corrected chi connectivity index (χ4v) is 1.06. The van der Waals surface area contributed by atoms with Gasteiger partial charge in [0, 0.05) is 12.6 Å². The minimum Gasteiger partial charge on any atom is -0.369 e. The summed E-state index contributed by atoms with van der Waals surface area (Å²) >= 11 is 0. The maximum Gasteiger partial charge on any atom is 0.433 e. The second kappa shape index (κ2) is 4.38. The Kier molecular flexibility index (Phi) is 3.49. The Bertz CT molecular complexity index is 396. The zero-order valence-corrected chi connectivity index (χ0v) is 9.89. The molecule has 0 atom stereocenters. The molecule has 0 bridgehead atoms. The predicted molar refractivity (Wildman–Crippen MR) is 59.4 cm³/mol. The highest BCUT2D eigenvalue weighted by Crippen LogP contribution is 2.29. The van der Waals surface area contributed by atoms with Crippen LogP contribution in [0.3, 0.4) is 0 Å². The van der Waals surface area contributed by atoms with Gasteiger partial charge in [-0.2, -0.15) is 18.2 Å². The molecule has 1 rings (SSSR count). The van der Waals surface area contributed by atoms with Crippen molar-refractivity contribution in [1.82, 2.24) is 9.97 Å². The molecule has 0 saturated heterocycles. The van der Waals surface area contributed by atoms with Crippen LogP contribution in [0.5, 0.6) is 0 Å². The first kappa shape index (κ1) is 13.5. The number of hydrogen-bond acceptors (Lipinski definition) is 4. The number of alkyl halides is 3. The average molecular weight is 248 g/mol. The molecule has 0 amide bonds.